The van der Waals surface area contributed by atoms with Gasteiger partial charge in [-0.2, -0.15) is 0 Å². The molecule has 0 saturated heterocycles. The number of sulfone groups is 1. The maximum atomic E-state index is 11.9. The lowest BCUT2D eigenvalue weighted by molar-refractivity contribution is -0.155. The molecular weight excluding hydrogens is 258 g/mol. The Balaban J connectivity index is 4.44. The van der Waals surface area contributed by atoms with Gasteiger partial charge < -0.3 is 4.74 Å². The van der Waals surface area contributed by atoms with Crippen LogP contribution in [-0.2, 0) is 24.2 Å². The van der Waals surface area contributed by atoms with Gasteiger partial charge in [0.25, 0.3) is 0 Å². The van der Waals surface area contributed by atoms with Crippen LogP contribution in [-0.4, -0.2) is 64.3 Å². The van der Waals surface area contributed by atoms with Crippen LogP contribution in [0.15, 0.2) is 0 Å². The van der Waals surface area contributed by atoms with Crippen LogP contribution < -0.4 is 0 Å². The van der Waals surface area contributed by atoms with Gasteiger partial charge in [-0.05, 0) is 20.9 Å². The third kappa shape index (κ3) is 5.59. The fourth-order valence-corrected chi connectivity index (χ4v) is 1.86. The summed E-state index contributed by atoms with van der Waals surface area (Å²) in [5.74, 6) is -0.913. The molecule has 0 aromatic heterocycles. The highest BCUT2D eigenvalue weighted by Gasteiger charge is 2.37. The Morgan fingerprint density at radius 1 is 1.28 bits per heavy atom. The number of Topliss-reactive ketones (excluding diaryl/α,β-unsaturated/α-hetero) is 1. The number of carbonyl (C=O) groups is 2. The first-order valence-corrected chi connectivity index (χ1v) is 7.54. The average Bonchev–Trinajstić information content (AvgIpc) is 2.24. The summed E-state index contributed by atoms with van der Waals surface area (Å²) in [6.45, 7) is 3.25. The van der Waals surface area contributed by atoms with Crippen LogP contribution >= 0.6 is 0 Å². The molecule has 0 aromatic carbocycles. The van der Waals surface area contributed by atoms with E-state index in [1.807, 2.05) is 0 Å². The number of rotatable bonds is 7. The highest BCUT2D eigenvalue weighted by atomic mass is 32.2. The zero-order valence-corrected chi connectivity index (χ0v) is 12.3. The molecule has 6 nitrogen and oxygen atoms in total. The maximum absolute atomic E-state index is 11.9. The molecule has 0 atom stereocenters. The van der Waals surface area contributed by atoms with Gasteiger partial charge in [0.15, 0.2) is 5.78 Å². The van der Waals surface area contributed by atoms with Crippen LogP contribution in [0.5, 0.6) is 0 Å². The molecule has 7 heteroatoms. The van der Waals surface area contributed by atoms with E-state index in [1.54, 1.807) is 11.9 Å². The van der Waals surface area contributed by atoms with Gasteiger partial charge in [-0.3, -0.25) is 14.5 Å². The van der Waals surface area contributed by atoms with Crippen LogP contribution in [0.2, 0.25) is 0 Å². The van der Waals surface area contributed by atoms with Crippen LogP contribution in [0.25, 0.3) is 0 Å². The Morgan fingerprint density at radius 2 is 1.78 bits per heavy atom. The molecule has 0 fully saturated rings. The number of esters is 1. The number of methoxy groups -OCH3 is 1. The molecule has 0 unspecified atom stereocenters. The number of ketones is 1. The number of carbonyl (C=O) groups excluding carboxylic acids is 2. The Bertz CT molecular complexity index is 413. The fraction of sp³-hybridized carbons (Fsp3) is 0.818. The van der Waals surface area contributed by atoms with Gasteiger partial charge in [0, 0.05) is 12.8 Å². The van der Waals surface area contributed by atoms with Crippen molar-refractivity contribution in [3.8, 4) is 0 Å². The Morgan fingerprint density at radius 3 is 2.17 bits per heavy atom. The van der Waals surface area contributed by atoms with Gasteiger partial charge in [0.1, 0.15) is 15.3 Å². The second-order valence-electron chi connectivity index (χ2n) is 4.91. The third-order valence-electron chi connectivity index (χ3n) is 2.65. The van der Waals surface area contributed by atoms with Gasteiger partial charge in [0.05, 0.1) is 19.4 Å². The minimum Gasteiger partial charge on any atom is -0.468 e. The number of hydrogen-bond acceptors (Lipinski definition) is 6. The first-order chi connectivity index (χ1) is 8.00. The summed E-state index contributed by atoms with van der Waals surface area (Å²) in [5, 5.41) is 0. The van der Waals surface area contributed by atoms with Gasteiger partial charge in [0.2, 0.25) is 0 Å². The highest BCUT2D eigenvalue weighted by Crippen LogP contribution is 2.18. The first-order valence-electron chi connectivity index (χ1n) is 5.48. The molecule has 0 rings (SSSR count). The van der Waals surface area contributed by atoms with E-state index >= 15 is 0 Å². The van der Waals surface area contributed by atoms with Crippen molar-refractivity contribution in [1.82, 2.24) is 4.90 Å². The van der Waals surface area contributed by atoms with Crippen LogP contribution in [0.1, 0.15) is 13.8 Å². The lowest BCUT2D eigenvalue weighted by Gasteiger charge is -2.23. The molecule has 18 heavy (non-hydrogen) atoms. The summed E-state index contributed by atoms with van der Waals surface area (Å²) in [6, 6.07) is 0. The third-order valence-corrected chi connectivity index (χ3v) is 3.57. The lowest BCUT2D eigenvalue weighted by Crippen LogP contribution is -2.41. The van der Waals surface area contributed by atoms with E-state index in [0.29, 0.717) is 0 Å². The van der Waals surface area contributed by atoms with Crippen LogP contribution in [0, 0.1) is 5.41 Å². The Kier molecular flexibility index (Phi) is 5.95. The first kappa shape index (κ1) is 17.1. The summed E-state index contributed by atoms with van der Waals surface area (Å²) in [4.78, 5) is 24.9. The van der Waals surface area contributed by atoms with Crippen molar-refractivity contribution >= 4 is 21.6 Å². The molecule has 0 radical (unpaired) electrons. The van der Waals surface area contributed by atoms with E-state index in [9.17, 15) is 18.0 Å². The predicted molar refractivity (Wildman–Crippen MR) is 68.0 cm³/mol. The van der Waals surface area contributed by atoms with E-state index in [-0.39, 0.29) is 24.6 Å². The van der Waals surface area contributed by atoms with E-state index < -0.39 is 21.2 Å². The summed E-state index contributed by atoms with van der Waals surface area (Å²) < 4.78 is 26.5. The molecule has 0 aliphatic carbocycles. The molecule has 0 saturated carbocycles. The van der Waals surface area contributed by atoms with E-state index in [1.165, 1.54) is 21.0 Å². The van der Waals surface area contributed by atoms with Crippen LogP contribution in [0.3, 0.4) is 0 Å². The Hall–Kier alpha value is -0.950. The molecule has 106 valence electrons. The number of hydrogen-bond donors (Lipinski definition) is 0. The molecule has 0 aromatic rings. The van der Waals surface area contributed by atoms with Crippen molar-refractivity contribution in [2.24, 2.45) is 5.41 Å². The zero-order chi connectivity index (χ0) is 14.6. The SMILES string of the molecule is COC(=O)C(C)(C)C(=O)CN(C)CCS(C)(=O)=O. The molecule has 0 bridgehead atoms. The minimum absolute atomic E-state index is 0.0115. The average molecular weight is 279 g/mol. The predicted octanol–water partition coefficient (Wildman–Crippen LogP) is -0.269. The molecule has 0 N–H and O–H groups in total. The topological polar surface area (TPSA) is 80.8 Å². The second-order valence-corrected chi connectivity index (χ2v) is 7.17. The van der Waals surface area contributed by atoms with Crippen molar-refractivity contribution in [3.63, 3.8) is 0 Å². The van der Waals surface area contributed by atoms with Crippen molar-refractivity contribution in [2.45, 2.75) is 13.8 Å². The number of ether oxygens (including phenoxy) is 1. The number of nitrogens with zero attached hydrogens (tertiary/aromatic N) is 1. The van der Waals surface area contributed by atoms with Gasteiger partial charge in [-0.25, -0.2) is 8.42 Å². The highest BCUT2D eigenvalue weighted by molar-refractivity contribution is 7.90. The second kappa shape index (κ2) is 6.29. The summed E-state index contributed by atoms with van der Waals surface area (Å²) in [5.41, 5.74) is -1.21. The molecule has 0 aliphatic heterocycles. The lowest BCUT2D eigenvalue weighted by atomic mass is 9.88. The van der Waals surface area contributed by atoms with Crippen LogP contribution in [0.4, 0.5) is 0 Å². The molecule has 0 amide bonds. The van der Waals surface area contributed by atoms with E-state index in [2.05, 4.69) is 4.74 Å². The summed E-state index contributed by atoms with van der Waals surface area (Å²) >= 11 is 0. The smallest absolute Gasteiger partial charge is 0.318 e. The fourth-order valence-electron chi connectivity index (χ4n) is 1.21. The standard InChI is InChI=1S/C11H21NO5S/c1-11(2,10(14)17-4)9(13)8-12(3)6-7-18(5,15)16/h6-8H2,1-5H3. The molecule has 0 heterocycles. The molecule has 0 aliphatic rings. The molecule has 0 spiro atoms. The van der Waals surface area contributed by atoms with Crippen molar-refractivity contribution in [3.05, 3.63) is 0 Å². The van der Waals surface area contributed by atoms with E-state index in [4.69, 9.17) is 0 Å². The zero-order valence-electron chi connectivity index (χ0n) is 11.5. The molecular formula is C11H21NO5S. The normalized spacial score (nSPS) is 12.6. The van der Waals surface area contributed by atoms with Crippen molar-refractivity contribution < 1.29 is 22.7 Å². The number of likely N-dealkylation sites (N-methyl/N-ethyl adjacent to an activating group) is 1. The van der Waals surface area contributed by atoms with Gasteiger partial charge >= 0.3 is 5.97 Å². The van der Waals surface area contributed by atoms with Gasteiger partial charge in [-0.15, -0.1) is 0 Å². The Labute approximate surface area is 108 Å². The van der Waals surface area contributed by atoms with Crippen molar-refractivity contribution in [2.75, 3.05) is 39.3 Å². The maximum Gasteiger partial charge on any atom is 0.318 e. The minimum atomic E-state index is -3.06. The quantitative estimate of drug-likeness (QED) is 0.471. The largest absolute Gasteiger partial charge is 0.468 e. The summed E-state index contributed by atoms with van der Waals surface area (Å²) in [7, 11) is -0.194. The van der Waals surface area contributed by atoms with E-state index in [0.717, 1.165) is 6.26 Å². The van der Waals surface area contributed by atoms with Gasteiger partial charge in [-0.1, -0.05) is 0 Å². The monoisotopic (exact) mass is 279 g/mol. The van der Waals surface area contributed by atoms with Crippen molar-refractivity contribution in [1.29, 1.82) is 0 Å². The summed E-state index contributed by atoms with van der Waals surface area (Å²) in [6.07, 6.45) is 1.14.